The molecule has 0 spiro atoms. The summed E-state index contributed by atoms with van der Waals surface area (Å²) < 4.78 is 12.8. The van der Waals surface area contributed by atoms with Gasteiger partial charge in [-0.1, -0.05) is 24.8 Å². The molecular formula is C33H45N7O3. The lowest BCUT2D eigenvalue weighted by atomic mass is 9.91. The first-order valence-corrected chi connectivity index (χ1v) is 15.1. The van der Waals surface area contributed by atoms with Crippen LogP contribution in [-0.4, -0.2) is 106 Å². The van der Waals surface area contributed by atoms with Crippen LogP contribution in [0, 0.1) is 6.92 Å². The van der Waals surface area contributed by atoms with E-state index in [0.717, 1.165) is 36.7 Å². The lowest BCUT2D eigenvalue weighted by Gasteiger charge is -2.37. The largest absolute Gasteiger partial charge is 0.462 e. The van der Waals surface area contributed by atoms with E-state index in [0.29, 0.717) is 51.8 Å². The number of anilines is 2. The first-order valence-electron chi connectivity index (χ1n) is 15.1. The number of fused-ring (bicyclic) bond motifs is 2. The van der Waals surface area contributed by atoms with E-state index in [1.807, 2.05) is 26.0 Å². The highest BCUT2D eigenvalue weighted by Gasteiger charge is 2.31. The fourth-order valence-electron chi connectivity index (χ4n) is 5.86. The fraction of sp³-hybridized carbons (Fsp3) is 0.485. The number of carbonyl (C=O) groups is 1. The number of aromatic nitrogens is 2. The SMILES string of the molecule is C=CC(=O)N1CCN(c2nc(OCCN(C)C)nc3c2COC(c2cc(N(C)CCNC)cc4cccc(C)c24)C3)CC1. The van der Waals surface area contributed by atoms with Gasteiger partial charge in [0.2, 0.25) is 5.91 Å². The molecule has 3 aromatic rings. The van der Waals surface area contributed by atoms with Gasteiger partial charge in [0.1, 0.15) is 12.4 Å². The molecule has 0 saturated carbocycles. The molecule has 2 aliphatic heterocycles. The van der Waals surface area contributed by atoms with Gasteiger partial charge in [-0.25, -0.2) is 0 Å². The molecule has 1 amide bonds. The minimum atomic E-state index is -0.159. The Labute approximate surface area is 255 Å². The molecule has 2 aliphatic rings. The second kappa shape index (κ2) is 13.7. The molecule has 2 aromatic carbocycles. The zero-order valence-electron chi connectivity index (χ0n) is 26.2. The standard InChI is InChI=1S/C33H45N7O3/c1-7-30(41)39-13-15-40(16-14-39)32-27-22-43-29(21-28(27)35-33(36-32)42-18-17-37(4)5)26-20-25(38(6)12-11-34-3)19-24-10-8-9-23(2)31(24)26/h7-10,19-20,29,34H,1,11-18,21-22H2,2-6H3. The molecule has 1 atom stereocenters. The number of nitrogens with one attached hydrogen (secondary N) is 1. The van der Waals surface area contributed by atoms with Crippen molar-refractivity contribution >= 4 is 28.2 Å². The van der Waals surface area contributed by atoms with Crippen LogP contribution >= 0.6 is 0 Å². The second-order valence-corrected chi connectivity index (χ2v) is 11.7. The zero-order chi connectivity index (χ0) is 30.5. The minimum Gasteiger partial charge on any atom is -0.462 e. The van der Waals surface area contributed by atoms with Crippen LogP contribution in [0.5, 0.6) is 6.01 Å². The summed E-state index contributed by atoms with van der Waals surface area (Å²) in [5, 5.41) is 5.70. The maximum atomic E-state index is 12.2. The van der Waals surface area contributed by atoms with E-state index in [1.165, 1.54) is 33.7 Å². The number of hydrogen-bond acceptors (Lipinski definition) is 9. The molecular weight excluding hydrogens is 542 g/mol. The summed E-state index contributed by atoms with van der Waals surface area (Å²) in [4.78, 5) is 30.4. The Hall–Kier alpha value is -3.73. The van der Waals surface area contributed by atoms with Gasteiger partial charge in [-0.05, 0) is 68.2 Å². The Kier molecular flexibility index (Phi) is 9.79. The molecule has 5 rings (SSSR count). The first-order chi connectivity index (χ1) is 20.8. The maximum absolute atomic E-state index is 12.2. The van der Waals surface area contributed by atoms with Crippen molar-refractivity contribution in [3.05, 3.63) is 65.4 Å². The number of piperazine rings is 1. The van der Waals surface area contributed by atoms with Gasteiger partial charge in [-0.15, -0.1) is 0 Å². The summed E-state index contributed by atoms with van der Waals surface area (Å²) >= 11 is 0. The highest BCUT2D eigenvalue weighted by atomic mass is 16.5. The highest BCUT2D eigenvalue weighted by molar-refractivity contribution is 5.92. The van der Waals surface area contributed by atoms with Crippen LogP contribution in [0.3, 0.4) is 0 Å². The third kappa shape index (κ3) is 6.92. The van der Waals surface area contributed by atoms with Gasteiger partial charge in [0.25, 0.3) is 0 Å². The normalized spacial score (nSPS) is 16.8. The van der Waals surface area contributed by atoms with Crippen LogP contribution in [-0.2, 0) is 22.6 Å². The lowest BCUT2D eigenvalue weighted by molar-refractivity contribution is -0.126. The number of benzene rings is 2. The smallest absolute Gasteiger partial charge is 0.318 e. The van der Waals surface area contributed by atoms with E-state index in [4.69, 9.17) is 19.4 Å². The molecule has 3 heterocycles. The third-order valence-corrected chi connectivity index (χ3v) is 8.38. The summed E-state index contributed by atoms with van der Waals surface area (Å²) in [7, 11) is 8.15. The van der Waals surface area contributed by atoms with Crippen LogP contribution < -0.4 is 19.9 Å². The number of rotatable bonds is 11. The Bertz CT molecular complexity index is 1450. The minimum absolute atomic E-state index is 0.0374. The van der Waals surface area contributed by atoms with Crippen molar-refractivity contribution in [3.8, 4) is 6.01 Å². The van der Waals surface area contributed by atoms with Gasteiger partial charge in [0.05, 0.1) is 18.4 Å². The first kappa shape index (κ1) is 30.7. The highest BCUT2D eigenvalue weighted by Crippen LogP contribution is 2.40. The van der Waals surface area contributed by atoms with E-state index in [-0.39, 0.29) is 12.0 Å². The molecule has 10 nitrogen and oxygen atoms in total. The van der Waals surface area contributed by atoms with Crippen molar-refractivity contribution in [1.82, 2.24) is 25.1 Å². The van der Waals surface area contributed by atoms with Gasteiger partial charge in [0, 0.05) is 70.5 Å². The number of amides is 1. The summed E-state index contributed by atoms with van der Waals surface area (Å²) in [6.07, 6.45) is 1.84. The number of ether oxygens (including phenoxy) is 2. The summed E-state index contributed by atoms with van der Waals surface area (Å²) in [5.41, 5.74) is 5.54. The fourth-order valence-corrected chi connectivity index (χ4v) is 5.86. The van der Waals surface area contributed by atoms with E-state index in [1.54, 1.807) is 0 Å². The molecule has 230 valence electrons. The number of likely N-dealkylation sites (N-methyl/N-ethyl adjacent to an activating group) is 3. The average molecular weight is 588 g/mol. The number of carbonyl (C=O) groups excluding carboxylic acids is 1. The molecule has 1 saturated heterocycles. The number of aryl methyl sites for hydroxylation is 1. The lowest BCUT2D eigenvalue weighted by Crippen LogP contribution is -2.49. The van der Waals surface area contributed by atoms with Gasteiger partial charge in [0.15, 0.2) is 0 Å². The van der Waals surface area contributed by atoms with E-state index in [2.05, 4.69) is 70.9 Å². The van der Waals surface area contributed by atoms with E-state index >= 15 is 0 Å². The molecule has 43 heavy (non-hydrogen) atoms. The second-order valence-electron chi connectivity index (χ2n) is 11.7. The molecule has 1 unspecified atom stereocenters. The van der Waals surface area contributed by atoms with Crippen LogP contribution in [0.2, 0.25) is 0 Å². The molecule has 1 fully saturated rings. The van der Waals surface area contributed by atoms with Crippen molar-refractivity contribution in [3.63, 3.8) is 0 Å². The maximum Gasteiger partial charge on any atom is 0.318 e. The molecule has 0 bridgehead atoms. The summed E-state index contributed by atoms with van der Waals surface area (Å²) in [5.74, 6) is 0.806. The summed E-state index contributed by atoms with van der Waals surface area (Å²) in [6.45, 7) is 11.9. The van der Waals surface area contributed by atoms with Crippen molar-refractivity contribution in [1.29, 1.82) is 0 Å². The van der Waals surface area contributed by atoms with Gasteiger partial charge >= 0.3 is 6.01 Å². The van der Waals surface area contributed by atoms with Gasteiger partial charge in [-0.2, -0.15) is 9.97 Å². The van der Waals surface area contributed by atoms with Crippen LogP contribution in [0.25, 0.3) is 10.8 Å². The Morgan fingerprint density at radius 2 is 1.95 bits per heavy atom. The quantitative estimate of drug-likeness (QED) is 0.340. The van der Waals surface area contributed by atoms with Crippen molar-refractivity contribution < 1.29 is 14.3 Å². The van der Waals surface area contributed by atoms with Gasteiger partial charge < -0.3 is 34.4 Å². The predicted molar refractivity (Wildman–Crippen MR) is 172 cm³/mol. The van der Waals surface area contributed by atoms with Crippen LogP contribution in [0.15, 0.2) is 43.0 Å². The van der Waals surface area contributed by atoms with Crippen molar-refractivity contribution in [2.45, 2.75) is 26.1 Å². The zero-order valence-corrected chi connectivity index (χ0v) is 26.2. The molecule has 0 radical (unpaired) electrons. The molecule has 0 aliphatic carbocycles. The van der Waals surface area contributed by atoms with Crippen LogP contribution in [0.1, 0.15) is 28.5 Å². The number of nitrogens with zero attached hydrogens (tertiary/aromatic N) is 6. The Balaban J connectivity index is 1.49. The monoisotopic (exact) mass is 587 g/mol. The van der Waals surface area contributed by atoms with Crippen molar-refractivity contribution in [2.75, 3.05) is 90.4 Å². The van der Waals surface area contributed by atoms with Crippen molar-refractivity contribution in [2.24, 2.45) is 0 Å². The topological polar surface area (TPSA) is 86.3 Å². The predicted octanol–water partition coefficient (Wildman–Crippen LogP) is 3.18. The molecule has 1 aromatic heterocycles. The Morgan fingerprint density at radius 3 is 2.67 bits per heavy atom. The number of hydrogen-bond donors (Lipinski definition) is 1. The van der Waals surface area contributed by atoms with E-state index < -0.39 is 0 Å². The van der Waals surface area contributed by atoms with E-state index in [9.17, 15) is 4.79 Å². The third-order valence-electron chi connectivity index (χ3n) is 8.38. The van der Waals surface area contributed by atoms with Crippen LogP contribution in [0.4, 0.5) is 11.5 Å². The molecule has 1 N–H and O–H groups in total. The Morgan fingerprint density at radius 1 is 1.16 bits per heavy atom. The summed E-state index contributed by atoms with van der Waals surface area (Å²) in [6, 6.07) is 11.4. The van der Waals surface area contributed by atoms with Gasteiger partial charge in [-0.3, -0.25) is 4.79 Å². The molecule has 10 heteroatoms. The average Bonchev–Trinajstić information content (AvgIpc) is 3.02.